The molecule has 1 N–H and O–H groups in total. The van der Waals surface area contributed by atoms with Crippen LogP contribution in [0, 0.1) is 0 Å². The van der Waals surface area contributed by atoms with Gasteiger partial charge in [0.15, 0.2) is 5.96 Å². The quantitative estimate of drug-likeness (QED) is 0.345. The molecule has 1 aromatic carbocycles. The minimum absolute atomic E-state index is 0. The predicted molar refractivity (Wildman–Crippen MR) is 122 cm³/mol. The van der Waals surface area contributed by atoms with Crippen molar-refractivity contribution in [2.45, 2.75) is 25.3 Å². The van der Waals surface area contributed by atoms with E-state index in [9.17, 15) is 0 Å². The van der Waals surface area contributed by atoms with E-state index in [1.54, 1.807) is 0 Å². The third-order valence-corrected chi connectivity index (χ3v) is 5.03. The number of likely N-dealkylation sites (N-methyl/N-ethyl adjacent to an activating group) is 2. The summed E-state index contributed by atoms with van der Waals surface area (Å²) >= 11 is 0. The molecular formula is C20H35IN4O2. The second kappa shape index (κ2) is 12.4. The van der Waals surface area contributed by atoms with Crippen LogP contribution in [0.4, 0.5) is 0 Å². The van der Waals surface area contributed by atoms with Gasteiger partial charge in [-0.3, -0.25) is 4.99 Å². The van der Waals surface area contributed by atoms with Gasteiger partial charge < -0.3 is 24.6 Å². The summed E-state index contributed by atoms with van der Waals surface area (Å²) in [5, 5.41) is 3.40. The van der Waals surface area contributed by atoms with Crippen molar-refractivity contribution in [1.29, 1.82) is 0 Å². The van der Waals surface area contributed by atoms with Crippen LogP contribution in [0.2, 0.25) is 0 Å². The Balaban J connectivity index is 0.00000364. The SMILES string of the molecule is CCNC(=NCC1(N(C)C)CCOCC1)N(C)CCOc1ccccc1.I. The highest BCUT2D eigenvalue weighted by Crippen LogP contribution is 2.26. The van der Waals surface area contributed by atoms with Crippen LogP contribution in [0.3, 0.4) is 0 Å². The van der Waals surface area contributed by atoms with Crippen LogP contribution in [-0.4, -0.2) is 81.9 Å². The average molecular weight is 490 g/mol. The molecule has 0 aliphatic carbocycles. The van der Waals surface area contributed by atoms with Crippen LogP contribution < -0.4 is 10.1 Å². The summed E-state index contributed by atoms with van der Waals surface area (Å²) in [5.74, 6) is 1.83. The van der Waals surface area contributed by atoms with Gasteiger partial charge >= 0.3 is 0 Å². The molecule has 6 nitrogen and oxygen atoms in total. The van der Waals surface area contributed by atoms with E-state index in [0.717, 1.165) is 57.4 Å². The van der Waals surface area contributed by atoms with E-state index < -0.39 is 0 Å². The first kappa shape index (κ1) is 24.0. The lowest BCUT2D eigenvalue weighted by atomic mass is 9.89. The molecule has 0 aromatic heterocycles. The molecule has 1 saturated heterocycles. The van der Waals surface area contributed by atoms with Gasteiger partial charge in [-0.05, 0) is 46.0 Å². The van der Waals surface area contributed by atoms with Crippen molar-refractivity contribution in [3.8, 4) is 5.75 Å². The fourth-order valence-electron chi connectivity index (χ4n) is 3.11. The number of rotatable bonds is 8. The number of hydrogen-bond acceptors (Lipinski definition) is 4. The molecule has 1 aliphatic rings. The Kier molecular flexibility index (Phi) is 11.0. The molecule has 0 unspecified atom stereocenters. The Morgan fingerprint density at radius 2 is 1.85 bits per heavy atom. The van der Waals surface area contributed by atoms with Gasteiger partial charge in [-0.15, -0.1) is 24.0 Å². The standard InChI is InChI=1S/C20H34N4O2.HI/c1-5-21-19(22-17-20(23(2)3)11-14-25-15-12-20)24(4)13-16-26-18-9-7-6-8-10-18;/h6-10H,5,11-17H2,1-4H3,(H,21,22);1H. The molecule has 0 bridgehead atoms. The molecule has 0 radical (unpaired) electrons. The zero-order chi connectivity index (χ0) is 18.8. The van der Waals surface area contributed by atoms with Crippen LogP contribution in [0.15, 0.2) is 35.3 Å². The van der Waals surface area contributed by atoms with E-state index in [1.165, 1.54) is 0 Å². The Morgan fingerprint density at radius 1 is 1.19 bits per heavy atom. The smallest absolute Gasteiger partial charge is 0.193 e. The lowest BCUT2D eigenvalue weighted by Gasteiger charge is -2.42. The van der Waals surface area contributed by atoms with Crippen LogP contribution in [-0.2, 0) is 4.74 Å². The summed E-state index contributed by atoms with van der Waals surface area (Å²) < 4.78 is 11.4. The van der Waals surface area contributed by atoms with Gasteiger partial charge in [0, 0.05) is 32.3 Å². The van der Waals surface area contributed by atoms with Crippen molar-refractivity contribution in [3.05, 3.63) is 30.3 Å². The van der Waals surface area contributed by atoms with Crippen molar-refractivity contribution in [2.75, 3.05) is 60.6 Å². The van der Waals surface area contributed by atoms with E-state index in [2.05, 4.69) is 43.2 Å². The average Bonchev–Trinajstić information content (AvgIpc) is 2.66. The number of ether oxygens (including phenoxy) is 2. The summed E-state index contributed by atoms with van der Waals surface area (Å²) in [6.45, 7) is 6.74. The molecular weight excluding hydrogens is 455 g/mol. The second-order valence-corrected chi connectivity index (χ2v) is 6.98. The number of halogens is 1. The number of aliphatic imine (C=N–C) groups is 1. The van der Waals surface area contributed by atoms with Crippen molar-refractivity contribution < 1.29 is 9.47 Å². The molecule has 7 heteroatoms. The maximum atomic E-state index is 5.81. The normalized spacial score (nSPS) is 16.6. The molecule has 27 heavy (non-hydrogen) atoms. The zero-order valence-corrected chi connectivity index (χ0v) is 19.4. The summed E-state index contributed by atoms with van der Waals surface area (Å²) in [7, 11) is 6.35. The van der Waals surface area contributed by atoms with E-state index >= 15 is 0 Å². The van der Waals surface area contributed by atoms with Gasteiger partial charge in [-0.2, -0.15) is 0 Å². The first-order valence-corrected chi connectivity index (χ1v) is 9.50. The van der Waals surface area contributed by atoms with Crippen LogP contribution in [0.5, 0.6) is 5.75 Å². The van der Waals surface area contributed by atoms with Gasteiger partial charge in [-0.25, -0.2) is 0 Å². The van der Waals surface area contributed by atoms with E-state index in [1.807, 2.05) is 30.3 Å². The molecule has 0 spiro atoms. The van der Waals surface area contributed by atoms with Crippen molar-refractivity contribution in [3.63, 3.8) is 0 Å². The van der Waals surface area contributed by atoms with Gasteiger partial charge in [0.2, 0.25) is 0 Å². The van der Waals surface area contributed by atoms with E-state index in [0.29, 0.717) is 6.61 Å². The maximum Gasteiger partial charge on any atom is 0.193 e. The summed E-state index contributed by atoms with van der Waals surface area (Å²) in [6.07, 6.45) is 2.04. The number of benzene rings is 1. The monoisotopic (exact) mass is 490 g/mol. The highest BCUT2D eigenvalue weighted by molar-refractivity contribution is 14.0. The molecule has 1 fully saturated rings. The summed E-state index contributed by atoms with van der Waals surface area (Å²) in [4.78, 5) is 9.38. The second-order valence-electron chi connectivity index (χ2n) is 6.98. The van der Waals surface area contributed by atoms with Crippen molar-refractivity contribution in [2.24, 2.45) is 4.99 Å². The molecule has 0 saturated carbocycles. The largest absolute Gasteiger partial charge is 0.492 e. The number of nitrogens with one attached hydrogen (secondary N) is 1. The molecule has 1 aliphatic heterocycles. The van der Waals surface area contributed by atoms with Gasteiger partial charge in [-0.1, -0.05) is 18.2 Å². The minimum Gasteiger partial charge on any atom is -0.492 e. The number of guanidine groups is 1. The van der Waals surface area contributed by atoms with Crippen molar-refractivity contribution >= 4 is 29.9 Å². The fourth-order valence-corrected chi connectivity index (χ4v) is 3.11. The highest BCUT2D eigenvalue weighted by Gasteiger charge is 2.34. The minimum atomic E-state index is 0. The molecule has 1 heterocycles. The third-order valence-electron chi connectivity index (χ3n) is 5.03. The Bertz CT molecular complexity index is 548. The molecule has 154 valence electrons. The van der Waals surface area contributed by atoms with Crippen LogP contribution in [0.1, 0.15) is 19.8 Å². The summed E-state index contributed by atoms with van der Waals surface area (Å²) in [6, 6.07) is 9.92. The first-order valence-electron chi connectivity index (χ1n) is 9.50. The van der Waals surface area contributed by atoms with Gasteiger partial charge in [0.05, 0.1) is 13.1 Å². The topological polar surface area (TPSA) is 49.3 Å². The van der Waals surface area contributed by atoms with Gasteiger partial charge in [0.1, 0.15) is 12.4 Å². The lowest BCUT2D eigenvalue weighted by Crippen LogP contribution is -2.52. The Labute approximate surface area is 181 Å². The van der Waals surface area contributed by atoms with Crippen molar-refractivity contribution in [1.82, 2.24) is 15.1 Å². The predicted octanol–water partition coefficient (Wildman–Crippen LogP) is 2.69. The van der Waals surface area contributed by atoms with Crippen LogP contribution >= 0.6 is 24.0 Å². The molecule has 1 aromatic rings. The molecule has 2 rings (SSSR count). The maximum absolute atomic E-state index is 5.81. The lowest BCUT2D eigenvalue weighted by molar-refractivity contribution is -0.00263. The zero-order valence-electron chi connectivity index (χ0n) is 17.1. The van der Waals surface area contributed by atoms with Crippen LogP contribution in [0.25, 0.3) is 0 Å². The Hall–Kier alpha value is -1.06. The molecule has 0 atom stereocenters. The Morgan fingerprint density at radius 3 is 2.44 bits per heavy atom. The first-order chi connectivity index (χ1) is 12.6. The van der Waals surface area contributed by atoms with E-state index in [4.69, 9.17) is 14.5 Å². The van der Waals surface area contributed by atoms with Gasteiger partial charge in [0.25, 0.3) is 0 Å². The fraction of sp³-hybridized carbons (Fsp3) is 0.650. The third kappa shape index (κ3) is 7.46. The summed E-state index contributed by atoms with van der Waals surface area (Å²) in [5.41, 5.74) is 0.0836. The molecule has 0 amide bonds. The highest BCUT2D eigenvalue weighted by atomic mass is 127. The number of nitrogens with zero attached hydrogens (tertiary/aromatic N) is 3. The van der Waals surface area contributed by atoms with E-state index in [-0.39, 0.29) is 29.5 Å². The number of hydrogen-bond donors (Lipinski definition) is 1. The number of para-hydroxylation sites is 1.